The number of carbonyl (C=O) groups excluding carboxylic acids is 2. The number of ether oxygens (including phenoxy) is 1. The summed E-state index contributed by atoms with van der Waals surface area (Å²) in [7, 11) is 1.85. The Morgan fingerprint density at radius 1 is 1.42 bits per heavy atom. The second-order valence-electron chi connectivity index (χ2n) is 7.82. The maximum absolute atomic E-state index is 13.1. The largest absolute Gasteiger partial charge is 0.488 e. The molecule has 1 aliphatic heterocycles. The van der Waals surface area contributed by atoms with Crippen LogP contribution in [0.4, 0.5) is 5.69 Å². The number of rotatable bonds is 7. The molecule has 2 heterocycles. The van der Waals surface area contributed by atoms with Gasteiger partial charge < -0.3 is 25.4 Å². The number of aliphatic hydroxyl groups excluding tert-OH is 1. The van der Waals surface area contributed by atoms with Crippen LogP contribution in [-0.4, -0.2) is 80.9 Å². The molecule has 0 saturated heterocycles. The van der Waals surface area contributed by atoms with Crippen LogP contribution in [0.25, 0.3) is 0 Å². The van der Waals surface area contributed by atoms with Gasteiger partial charge in [-0.2, -0.15) is 0 Å². The van der Waals surface area contributed by atoms with Crippen molar-refractivity contribution in [1.82, 2.24) is 30.4 Å². The molecule has 0 radical (unpaired) electrons. The van der Waals surface area contributed by atoms with E-state index in [1.807, 2.05) is 20.9 Å². The van der Waals surface area contributed by atoms with Gasteiger partial charge in [0.15, 0.2) is 0 Å². The van der Waals surface area contributed by atoms with Crippen molar-refractivity contribution in [3.05, 3.63) is 30.1 Å². The normalized spacial score (nSPS) is 20.1. The average molecular weight is 431 g/mol. The van der Waals surface area contributed by atoms with E-state index in [2.05, 4.69) is 26.2 Å². The molecule has 0 aliphatic carbocycles. The summed E-state index contributed by atoms with van der Waals surface area (Å²) in [6.07, 6.45) is 1.30. The summed E-state index contributed by atoms with van der Waals surface area (Å²) in [5.41, 5.74) is 1.23. The molecule has 3 rings (SSSR count). The van der Waals surface area contributed by atoms with Crippen LogP contribution >= 0.6 is 0 Å². The van der Waals surface area contributed by atoms with Gasteiger partial charge >= 0.3 is 0 Å². The molecular formula is C20H29N7O4. The number of aliphatic hydroxyl groups is 1. The number of aromatic nitrogens is 4. The van der Waals surface area contributed by atoms with Crippen LogP contribution in [-0.2, 0) is 22.6 Å². The van der Waals surface area contributed by atoms with Crippen LogP contribution < -0.4 is 15.4 Å². The Bertz CT molecular complexity index is 890. The predicted molar refractivity (Wildman–Crippen MR) is 112 cm³/mol. The highest BCUT2D eigenvalue weighted by Crippen LogP contribution is 2.28. The summed E-state index contributed by atoms with van der Waals surface area (Å²) in [5.74, 6) is 0.268. The SMILES string of the molecule is CNC[C@H]1Oc2ccc(NC(=O)Cn3cnnn3)cc2CC(=O)N([C@H](C)CO)C[C@@H]1C. The molecule has 2 amide bonds. The van der Waals surface area contributed by atoms with E-state index < -0.39 is 0 Å². The smallest absolute Gasteiger partial charge is 0.246 e. The highest BCUT2D eigenvalue weighted by molar-refractivity contribution is 5.91. The number of benzene rings is 1. The Hall–Kier alpha value is -3.05. The van der Waals surface area contributed by atoms with Gasteiger partial charge in [-0.3, -0.25) is 9.59 Å². The number of likely N-dealkylation sites (N-methyl/N-ethyl adjacent to an activating group) is 1. The number of nitrogens with zero attached hydrogens (tertiary/aromatic N) is 5. The van der Waals surface area contributed by atoms with Crippen molar-refractivity contribution in [2.75, 3.05) is 32.1 Å². The first-order valence-corrected chi connectivity index (χ1v) is 10.3. The summed E-state index contributed by atoms with van der Waals surface area (Å²) in [4.78, 5) is 27.1. The van der Waals surface area contributed by atoms with Gasteiger partial charge in [0.05, 0.1) is 19.1 Å². The molecule has 11 heteroatoms. The van der Waals surface area contributed by atoms with E-state index in [0.717, 1.165) is 0 Å². The highest BCUT2D eigenvalue weighted by Gasteiger charge is 2.30. The van der Waals surface area contributed by atoms with Gasteiger partial charge in [-0.15, -0.1) is 5.10 Å². The Balaban J connectivity index is 1.85. The number of hydrogen-bond acceptors (Lipinski definition) is 8. The molecule has 3 atom stereocenters. The quantitative estimate of drug-likeness (QED) is 0.543. The van der Waals surface area contributed by atoms with Crippen molar-refractivity contribution in [2.45, 2.75) is 39.0 Å². The lowest BCUT2D eigenvalue weighted by atomic mass is 10.0. The van der Waals surface area contributed by atoms with E-state index in [9.17, 15) is 14.7 Å². The molecule has 0 bridgehead atoms. The first kappa shape index (κ1) is 22.6. The molecule has 0 saturated carbocycles. The Labute approximate surface area is 180 Å². The summed E-state index contributed by atoms with van der Waals surface area (Å²) in [6.45, 7) is 4.81. The minimum Gasteiger partial charge on any atom is -0.488 e. The zero-order valence-electron chi connectivity index (χ0n) is 18.0. The number of amides is 2. The van der Waals surface area contributed by atoms with E-state index in [0.29, 0.717) is 30.1 Å². The molecule has 11 nitrogen and oxygen atoms in total. The van der Waals surface area contributed by atoms with Crippen LogP contribution in [0.1, 0.15) is 19.4 Å². The maximum atomic E-state index is 13.1. The van der Waals surface area contributed by atoms with Crippen molar-refractivity contribution in [3.8, 4) is 5.75 Å². The topological polar surface area (TPSA) is 134 Å². The lowest BCUT2D eigenvalue weighted by molar-refractivity contribution is -0.134. The molecule has 31 heavy (non-hydrogen) atoms. The minimum absolute atomic E-state index is 0.0247. The van der Waals surface area contributed by atoms with Crippen LogP contribution in [0.15, 0.2) is 24.5 Å². The predicted octanol–water partition coefficient (Wildman–Crippen LogP) is -0.320. The van der Waals surface area contributed by atoms with Crippen molar-refractivity contribution in [2.24, 2.45) is 5.92 Å². The zero-order valence-corrected chi connectivity index (χ0v) is 18.0. The Morgan fingerprint density at radius 3 is 2.90 bits per heavy atom. The molecular weight excluding hydrogens is 402 g/mol. The van der Waals surface area contributed by atoms with Gasteiger partial charge in [0.2, 0.25) is 11.8 Å². The number of anilines is 1. The van der Waals surface area contributed by atoms with Crippen molar-refractivity contribution in [1.29, 1.82) is 0 Å². The van der Waals surface area contributed by atoms with Gasteiger partial charge in [0.1, 0.15) is 24.7 Å². The van der Waals surface area contributed by atoms with Crippen LogP contribution in [0.2, 0.25) is 0 Å². The van der Waals surface area contributed by atoms with Gasteiger partial charge in [0.25, 0.3) is 0 Å². The summed E-state index contributed by atoms with van der Waals surface area (Å²) >= 11 is 0. The average Bonchev–Trinajstić information content (AvgIpc) is 3.25. The van der Waals surface area contributed by atoms with Crippen LogP contribution in [0, 0.1) is 5.92 Å². The fourth-order valence-corrected chi connectivity index (χ4v) is 3.55. The van der Waals surface area contributed by atoms with Crippen molar-refractivity contribution >= 4 is 17.5 Å². The number of hydrogen-bond donors (Lipinski definition) is 3. The molecule has 0 spiro atoms. The lowest BCUT2D eigenvalue weighted by Gasteiger charge is -2.32. The third-order valence-electron chi connectivity index (χ3n) is 5.30. The van der Waals surface area contributed by atoms with Gasteiger partial charge in [-0.1, -0.05) is 6.92 Å². The fraction of sp³-hybridized carbons (Fsp3) is 0.550. The van der Waals surface area contributed by atoms with Crippen LogP contribution in [0.5, 0.6) is 5.75 Å². The monoisotopic (exact) mass is 431 g/mol. The molecule has 0 unspecified atom stereocenters. The number of carbonyl (C=O) groups is 2. The third kappa shape index (κ3) is 5.76. The first-order chi connectivity index (χ1) is 14.9. The van der Waals surface area contributed by atoms with E-state index in [1.165, 1.54) is 11.0 Å². The molecule has 1 aliphatic rings. The van der Waals surface area contributed by atoms with Crippen LogP contribution in [0.3, 0.4) is 0 Å². The van der Waals surface area contributed by atoms with E-state index in [1.54, 1.807) is 23.1 Å². The molecule has 1 aromatic carbocycles. The standard InChI is InChI=1S/C20H29N7O4/c1-13-9-27(14(2)11-28)20(30)7-15-6-16(4-5-17(15)31-18(13)8-21-3)23-19(29)10-26-12-22-24-25-26/h4-6,12-14,18,21,28H,7-11H2,1-3H3,(H,23,29)/t13-,14+,18+/m0/s1. The summed E-state index contributed by atoms with van der Waals surface area (Å²) in [6, 6.07) is 4.97. The maximum Gasteiger partial charge on any atom is 0.246 e. The van der Waals surface area contributed by atoms with E-state index in [-0.39, 0.29) is 49.5 Å². The summed E-state index contributed by atoms with van der Waals surface area (Å²) in [5, 5.41) is 26.3. The third-order valence-corrected chi connectivity index (χ3v) is 5.30. The minimum atomic E-state index is -0.300. The fourth-order valence-electron chi connectivity index (χ4n) is 3.55. The Kier molecular flexibility index (Phi) is 7.53. The zero-order chi connectivity index (χ0) is 22.4. The Morgan fingerprint density at radius 2 is 2.23 bits per heavy atom. The highest BCUT2D eigenvalue weighted by atomic mass is 16.5. The molecule has 1 aromatic heterocycles. The summed E-state index contributed by atoms with van der Waals surface area (Å²) < 4.78 is 7.59. The number of nitrogens with one attached hydrogen (secondary N) is 2. The second-order valence-corrected chi connectivity index (χ2v) is 7.82. The van der Waals surface area contributed by atoms with Crippen molar-refractivity contribution < 1.29 is 19.4 Å². The van der Waals surface area contributed by atoms with E-state index in [4.69, 9.17) is 4.74 Å². The number of fused-ring (bicyclic) bond motifs is 1. The second kappa shape index (κ2) is 10.3. The molecule has 2 aromatic rings. The molecule has 168 valence electrons. The van der Waals surface area contributed by atoms with Crippen molar-refractivity contribution in [3.63, 3.8) is 0 Å². The van der Waals surface area contributed by atoms with Gasteiger partial charge in [0, 0.05) is 30.3 Å². The van der Waals surface area contributed by atoms with E-state index >= 15 is 0 Å². The van der Waals surface area contributed by atoms with Gasteiger partial charge in [-0.25, -0.2) is 4.68 Å². The molecule has 0 fully saturated rings. The number of tetrazole rings is 1. The molecule has 3 N–H and O–H groups in total. The van der Waals surface area contributed by atoms with Gasteiger partial charge in [-0.05, 0) is 42.6 Å². The lowest BCUT2D eigenvalue weighted by Crippen LogP contribution is -2.47. The first-order valence-electron chi connectivity index (χ1n) is 10.3.